The summed E-state index contributed by atoms with van der Waals surface area (Å²) >= 11 is 0. The second-order valence-electron chi connectivity index (χ2n) is 4.62. The first kappa shape index (κ1) is 14.3. The number of nitrogens with zero attached hydrogens (tertiary/aromatic N) is 2. The van der Waals surface area contributed by atoms with E-state index < -0.39 is 0 Å². The molecule has 108 valence electrons. The van der Waals surface area contributed by atoms with Gasteiger partial charge in [-0.3, -0.25) is 0 Å². The van der Waals surface area contributed by atoms with Crippen molar-refractivity contribution in [2.45, 2.75) is 26.4 Å². The Morgan fingerprint density at radius 2 is 1.95 bits per heavy atom. The lowest BCUT2D eigenvalue weighted by atomic mass is 10.2. The van der Waals surface area contributed by atoms with Crippen molar-refractivity contribution in [3.63, 3.8) is 0 Å². The van der Waals surface area contributed by atoms with Crippen LogP contribution >= 0.6 is 0 Å². The molecule has 0 atom stereocenters. The summed E-state index contributed by atoms with van der Waals surface area (Å²) in [5.41, 5.74) is 0.821. The predicted octanol–water partition coefficient (Wildman–Crippen LogP) is 2.25. The molecule has 0 aliphatic rings. The molecule has 1 aromatic carbocycles. The fourth-order valence-corrected chi connectivity index (χ4v) is 1.71. The summed E-state index contributed by atoms with van der Waals surface area (Å²) in [5.74, 6) is 2.40. The van der Waals surface area contributed by atoms with Crippen molar-refractivity contribution < 1.29 is 14.0 Å². The number of aromatic nitrogens is 2. The molecule has 0 aliphatic carbocycles. The van der Waals surface area contributed by atoms with E-state index in [-0.39, 0.29) is 0 Å². The molecule has 0 unspecified atom stereocenters. The monoisotopic (exact) mass is 277 g/mol. The predicted molar refractivity (Wildman–Crippen MR) is 74.8 cm³/mol. The molecule has 0 spiro atoms. The molecule has 0 saturated carbocycles. The molecule has 1 N–H and O–H groups in total. The molecule has 6 heteroatoms. The Bertz CT molecular complexity index is 567. The summed E-state index contributed by atoms with van der Waals surface area (Å²) in [6.45, 7) is 4.68. The first-order chi connectivity index (χ1) is 9.63. The molecule has 0 fully saturated rings. The topological polar surface area (TPSA) is 69.4 Å². The van der Waals surface area contributed by atoms with E-state index in [1.54, 1.807) is 14.2 Å². The molecular weight excluding hydrogens is 258 g/mol. The van der Waals surface area contributed by atoms with Crippen LogP contribution < -0.4 is 14.8 Å². The van der Waals surface area contributed by atoms with Crippen molar-refractivity contribution in [2.24, 2.45) is 0 Å². The van der Waals surface area contributed by atoms with E-state index in [2.05, 4.69) is 29.3 Å². The lowest BCUT2D eigenvalue weighted by molar-refractivity contribution is 0.355. The highest BCUT2D eigenvalue weighted by Crippen LogP contribution is 2.31. The lowest BCUT2D eigenvalue weighted by Gasteiger charge is -2.07. The standard InChI is InChI=1S/C14H19N3O3/c1-9(2)15-8-13-16-14(17-20-13)10-5-6-11(18-3)12(7-10)19-4/h5-7,9,15H,8H2,1-4H3. The second-order valence-corrected chi connectivity index (χ2v) is 4.62. The minimum atomic E-state index is 0.367. The van der Waals surface area contributed by atoms with Gasteiger partial charge in [-0.25, -0.2) is 0 Å². The van der Waals surface area contributed by atoms with Crippen molar-refractivity contribution >= 4 is 0 Å². The van der Waals surface area contributed by atoms with Crippen LogP contribution in [0.4, 0.5) is 0 Å². The van der Waals surface area contributed by atoms with Crippen molar-refractivity contribution in [3.8, 4) is 22.9 Å². The minimum Gasteiger partial charge on any atom is -0.493 e. The zero-order valence-electron chi connectivity index (χ0n) is 12.1. The van der Waals surface area contributed by atoms with E-state index in [1.165, 1.54) is 0 Å². The Morgan fingerprint density at radius 3 is 2.60 bits per heavy atom. The van der Waals surface area contributed by atoms with E-state index >= 15 is 0 Å². The summed E-state index contributed by atoms with van der Waals surface area (Å²) in [7, 11) is 3.19. The van der Waals surface area contributed by atoms with Gasteiger partial charge in [0.1, 0.15) is 0 Å². The van der Waals surface area contributed by atoms with Gasteiger partial charge in [-0.2, -0.15) is 4.98 Å². The van der Waals surface area contributed by atoms with Crippen LogP contribution in [0.3, 0.4) is 0 Å². The molecule has 0 saturated heterocycles. The summed E-state index contributed by atoms with van der Waals surface area (Å²) in [5, 5.41) is 7.20. The smallest absolute Gasteiger partial charge is 0.240 e. The van der Waals surface area contributed by atoms with Crippen LogP contribution in [0.2, 0.25) is 0 Å². The summed E-state index contributed by atoms with van der Waals surface area (Å²) in [4.78, 5) is 4.35. The normalized spacial score (nSPS) is 10.8. The summed E-state index contributed by atoms with van der Waals surface area (Å²) < 4.78 is 15.7. The Labute approximate surface area is 118 Å². The average molecular weight is 277 g/mol. The minimum absolute atomic E-state index is 0.367. The molecule has 2 rings (SSSR count). The zero-order chi connectivity index (χ0) is 14.5. The van der Waals surface area contributed by atoms with Crippen LogP contribution in [0.25, 0.3) is 11.4 Å². The van der Waals surface area contributed by atoms with E-state index in [0.717, 1.165) is 5.56 Å². The lowest BCUT2D eigenvalue weighted by Crippen LogP contribution is -2.21. The van der Waals surface area contributed by atoms with Gasteiger partial charge in [0.2, 0.25) is 11.7 Å². The van der Waals surface area contributed by atoms with E-state index in [1.807, 2.05) is 18.2 Å². The van der Waals surface area contributed by atoms with Crippen LogP contribution in [0.15, 0.2) is 22.7 Å². The van der Waals surface area contributed by atoms with Crippen molar-refractivity contribution in [3.05, 3.63) is 24.1 Å². The van der Waals surface area contributed by atoms with Crippen molar-refractivity contribution in [1.29, 1.82) is 0 Å². The highest BCUT2D eigenvalue weighted by molar-refractivity contribution is 5.60. The summed E-state index contributed by atoms with van der Waals surface area (Å²) in [6, 6.07) is 5.87. The number of nitrogens with one attached hydrogen (secondary N) is 1. The van der Waals surface area contributed by atoms with Gasteiger partial charge >= 0.3 is 0 Å². The number of ether oxygens (including phenoxy) is 2. The number of benzene rings is 1. The van der Waals surface area contributed by atoms with Crippen LogP contribution in [0.1, 0.15) is 19.7 Å². The molecule has 0 radical (unpaired) electrons. The highest BCUT2D eigenvalue weighted by Gasteiger charge is 2.12. The van der Waals surface area contributed by atoms with Crippen LogP contribution in [-0.4, -0.2) is 30.4 Å². The molecule has 1 heterocycles. The molecule has 0 amide bonds. The van der Waals surface area contributed by atoms with Crippen LogP contribution in [0.5, 0.6) is 11.5 Å². The van der Waals surface area contributed by atoms with Gasteiger partial charge < -0.3 is 19.3 Å². The third kappa shape index (κ3) is 3.27. The third-order valence-corrected chi connectivity index (χ3v) is 2.77. The molecule has 0 aliphatic heterocycles. The Hall–Kier alpha value is -2.08. The maximum absolute atomic E-state index is 5.26. The van der Waals surface area contributed by atoms with Gasteiger partial charge in [0.05, 0.1) is 20.8 Å². The Kier molecular flexibility index (Phi) is 4.57. The molecule has 20 heavy (non-hydrogen) atoms. The largest absolute Gasteiger partial charge is 0.493 e. The third-order valence-electron chi connectivity index (χ3n) is 2.77. The van der Waals surface area contributed by atoms with Crippen LogP contribution in [-0.2, 0) is 6.54 Å². The maximum Gasteiger partial charge on any atom is 0.240 e. The Morgan fingerprint density at radius 1 is 1.20 bits per heavy atom. The average Bonchev–Trinajstić information content (AvgIpc) is 2.93. The van der Waals surface area contributed by atoms with Crippen LogP contribution in [0, 0.1) is 0 Å². The van der Waals surface area contributed by atoms with Gasteiger partial charge in [-0.1, -0.05) is 19.0 Å². The molecule has 1 aromatic heterocycles. The number of hydrogen-bond acceptors (Lipinski definition) is 6. The van der Waals surface area contributed by atoms with Gasteiger partial charge in [0, 0.05) is 11.6 Å². The zero-order valence-corrected chi connectivity index (χ0v) is 12.1. The van der Waals surface area contributed by atoms with Crippen molar-refractivity contribution in [2.75, 3.05) is 14.2 Å². The maximum atomic E-state index is 5.26. The highest BCUT2D eigenvalue weighted by atomic mass is 16.5. The van der Waals surface area contributed by atoms with Crippen molar-refractivity contribution in [1.82, 2.24) is 15.5 Å². The SMILES string of the molecule is COc1ccc(-c2noc(CNC(C)C)n2)cc1OC. The number of rotatable bonds is 6. The van der Waals surface area contributed by atoms with E-state index in [4.69, 9.17) is 14.0 Å². The first-order valence-electron chi connectivity index (χ1n) is 6.42. The number of methoxy groups -OCH3 is 2. The molecule has 2 aromatic rings. The fourth-order valence-electron chi connectivity index (χ4n) is 1.71. The quantitative estimate of drug-likeness (QED) is 0.873. The molecule has 0 bridgehead atoms. The van der Waals surface area contributed by atoms with E-state index in [0.29, 0.717) is 35.8 Å². The van der Waals surface area contributed by atoms with Gasteiger partial charge in [0.25, 0.3) is 0 Å². The fraction of sp³-hybridized carbons (Fsp3) is 0.429. The van der Waals surface area contributed by atoms with E-state index in [9.17, 15) is 0 Å². The Balaban J connectivity index is 2.19. The molecule has 6 nitrogen and oxygen atoms in total. The molecular formula is C14H19N3O3. The second kappa shape index (κ2) is 6.38. The van der Waals surface area contributed by atoms with Gasteiger partial charge in [0.15, 0.2) is 11.5 Å². The summed E-state index contributed by atoms with van der Waals surface area (Å²) in [6.07, 6.45) is 0. The number of hydrogen-bond donors (Lipinski definition) is 1. The van der Waals surface area contributed by atoms with Gasteiger partial charge in [-0.15, -0.1) is 0 Å². The first-order valence-corrected chi connectivity index (χ1v) is 6.42. The van der Waals surface area contributed by atoms with Gasteiger partial charge in [-0.05, 0) is 18.2 Å².